The Labute approximate surface area is 287 Å². The van der Waals surface area contributed by atoms with E-state index in [0.29, 0.717) is 5.82 Å². The second-order valence-corrected chi connectivity index (χ2v) is 12.4. The number of hydrogen-bond acceptors (Lipinski definition) is 4. The van der Waals surface area contributed by atoms with Crippen LogP contribution >= 0.6 is 0 Å². The van der Waals surface area contributed by atoms with Crippen LogP contribution in [0.5, 0.6) is 0 Å². The minimum absolute atomic E-state index is 0.696. The molecule has 0 fully saturated rings. The first-order chi connectivity index (χ1) is 24.8. The monoisotopic (exact) mass is 640 g/mol. The van der Waals surface area contributed by atoms with Gasteiger partial charge in [-0.3, -0.25) is 4.57 Å². The van der Waals surface area contributed by atoms with Gasteiger partial charge in [-0.15, -0.1) is 0 Å². The van der Waals surface area contributed by atoms with Gasteiger partial charge in [0.15, 0.2) is 11.4 Å². The van der Waals surface area contributed by atoms with Gasteiger partial charge >= 0.3 is 0 Å². The summed E-state index contributed by atoms with van der Waals surface area (Å²) in [4.78, 5) is 15.1. The highest BCUT2D eigenvalue weighted by atomic mass is 16.3. The molecule has 10 rings (SSSR count). The molecule has 6 aromatic carbocycles. The van der Waals surface area contributed by atoms with Crippen molar-refractivity contribution in [2.24, 2.45) is 0 Å². The first-order valence-electron chi connectivity index (χ1n) is 16.7. The molecule has 0 spiro atoms. The third-order valence-corrected chi connectivity index (χ3v) is 9.42. The van der Waals surface area contributed by atoms with E-state index in [-0.39, 0.29) is 0 Å². The Kier molecular flexibility index (Phi) is 6.42. The third-order valence-electron chi connectivity index (χ3n) is 9.42. The summed E-state index contributed by atoms with van der Waals surface area (Å²) in [5.41, 5.74) is 11.2. The lowest BCUT2D eigenvalue weighted by atomic mass is 10.0. The fourth-order valence-electron chi connectivity index (χ4n) is 7.09. The Morgan fingerprint density at radius 1 is 0.440 bits per heavy atom. The first kappa shape index (κ1) is 28.2. The molecular weight excluding hydrogens is 613 g/mol. The number of nitrogens with zero attached hydrogens (tertiary/aromatic N) is 4. The summed E-state index contributed by atoms with van der Waals surface area (Å²) in [6.07, 6.45) is 0. The van der Waals surface area contributed by atoms with Gasteiger partial charge < -0.3 is 4.42 Å². The molecule has 4 aromatic heterocycles. The van der Waals surface area contributed by atoms with E-state index in [1.807, 2.05) is 60.7 Å². The topological polar surface area (TPSA) is 56.7 Å². The van der Waals surface area contributed by atoms with Gasteiger partial charge in [-0.25, -0.2) is 15.0 Å². The van der Waals surface area contributed by atoms with E-state index in [4.69, 9.17) is 19.4 Å². The maximum atomic E-state index is 6.94. The van der Waals surface area contributed by atoms with Crippen LogP contribution in [0.15, 0.2) is 174 Å². The van der Waals surface area contributed by atoms with Gasteiger partial charge in [0.05, 0.1) is 27.8 Å². The molecule has 0 amide bonds. The summed E-state index contributed by atoms with van der Waals surface area (Å²) in [7, 11) is 0. The summed E-state index contributed by atoms with van der Waals surface area (Å²) in [6, 6.07) is 58.2. The van der Waals surface area contributed by atoms with Crippen LogP contribution in [-0.4, -0.2) is 19.5 Å². The molecule has 234 valence electrons. The lowest BCUT2D eigenvalue weighted by molar-refractivity contribution is 0.645. The van der Waals surface area contributed by atoms with Crippen LogP contribution in [0.1, 0.15) is 0 Å². The van der Waals surface area contributed by atoms with E-state index in [1.165, 1.54) is 0 Å². The van der Waals surface area contributed by atoms with Gasteiger partial charge in [0.2, 0.25) is 5.71 Å². The Balaban J connectivity index is 1.18. The van der Waals surface area contributed by atoms with E-state index in [1.54, 1.807) is 0 Å². The fraction of sp³-hybridized carbons (Fsp3) is 0. The highest BCUT2D eigenvalue weighted by molar-refractivity contribution is 6.28. The van der Waals surface area contributed by atoms with Crippen molar-refractivity contribution >= 4 is 43.9 Å². The molecule has 10 aromatic rings. The predicted molar refractivity (Wildman–Crippen MR) is 203 cm³/mol. The smallest absolute Gasteiger partial charge is 0.213 e. The molecule has 0 aliphatic heterocycles. The number of hydrogen-bond donors (Lipinski definition) is 0. The van der Waals surface area contributed by atoms with Crippen molar-refractivity contribution in [2.75, 3.05) is 0 Å². The molecule has 4 heterocycles. The molecule has 0 unspecified atom stereocenters. The van der Waals surface area contributed by atoms with E-state index in [9.17, 15) is 0 Å². The average molecular weight is 641 g/mol. The lowest BCUT2D eigenvalue weighted by Crippen LogP contribution is -1.97. The van der Waals surface area contributed by atoms with Crippen LogP contribution in [-0.2, 0) is 0 Å². The zero-order chi connectivity index (χ0) is 33.0. The molecule has 0 aliphatic rings. The van der Waals surface area contributed by atoms with Gasteiger partial charge in [-0.2, -0.15) is 0 Å². The van der Waals surface area contributed by atoms with Crippen LogP contribution in [0, 0.1) is 0 Å². The predicted octanol–water partition coefficient (Wildman–Crippen LogP) is 11.5. The number of benzene rings is 6. The van der Waals surface area contributed by atoms with Crippen LogP contribution < -0.4 is 0 Å². The van der Waals surface area contributed by atoms with Crippen LogP contribution in [0.3, 0.4) is 0 Å². The van der Waals surface area contributed by atoms with E-state index < -0.39 is 0 Å². The second kappa shape index (κ2) is 11.4. The molecule has 0 saturated heterocycles. The number of pyridine rings is 1. The summed E-state index contributed by atoms with van der Waals surface area (Å²) >= 11 is 0. The molecule has 0 saturated carbocycles. The zero-order valence-corrected chi connectivity index (χ0v) is 26.9. The van der Waals surface area contributed by atoms with E-state index >= 15 is 0 Å². The van der Waals surface area contributed by atoms with Crippen molar-refractivity contribution in [1.82, 2.24) is 19.5 Å². The SMILES string of the molecule is c1ccc(-c2cc(-c3ccc(-n4c5ccccc5c5c6c(oc54)c(-c4ccccc4)nc4ccccc46)cc3)nc(-c3ccccc3)n2)cc1. The maximum absolute atomic E-state index is 6.94. The van der Waals surface area contributed by atoms with Gasteiger partial charge in [0.1, 0.15) is 5.69 Å². The molecule has 0 radical (unpaired) electrons. The third kappa shape index (κ3) is 4.52. The van der Waals surface area contributed by atoms with E-state index in [2.05, 4.69) is 114 Å². The van der Waals surface area contributed by atoms with Crippen molar-refractivity contribution in [2.45, 2.75) is 0 Å². The number of aromatic nitrogens is 4. The first-order valence-corrected chi connectivity index (χ1v) is 16.7. The molecular formula is C45H28N4O. The number of rotatable bonds is 5. The average Bonchev–Trinajstić information content (AvgIpc) is 3.74. The normalized spacial score (nSPS) is 11.6. The Hall–Kier alpha value is -6.85. The Bertz CT molecular complexity index is 2780. The van der Waals surface area contributed by atoms with Gasteiger partial charge in [0.25, 0.3) is 0 Å². The number of furan rings is 1. The molecule has 5 nitrogen and oxygen atoms in total. The van der Waals surface area contributed by atoms with Crippen LogP contribution in [0.25, 0.3) is 94.7 Å². The van der Waals surface area contributed by atoms with Crippen molar-refractivity contribution in [3.63, 3.8) is 0 Å². The van der Waals surface area contributed by atoms with Crippen molar-refractivity contribution in [3.8, 4) is 50.8 Å². The zero-order valence-electron chi connectivity index (χ0n) is 26.9. The maximum Gasteiger partial charge on any atom is 0.213 e. The summed E-state index contributed by atoms with van der Waals surface area (Å²) in [5, 5.41) is 4.38. The second-order valence-electron chi connectivity index (χ2n) is 12.4. The molecule has 0 atom stereocenters. The van der Waals surface area contributed by atoms with E-state index in [0.717, 1.165) is 88.9 Å². The van der Waals surface area contributed by atoms with Gasteiger partial charge in [0, 0.05) is 44.1 Å². The molecule has 5 heteroatoms. The standard InChI is InChI=1S/C45H28N4O/c1-4-14-29(15-5-1)37-28-38(48-44(47-37)32-18-8-3-9-19-32)30-24-26-33(27-25-30)49-39-23-13-11-21-35(39)41-40-34-20-10-12-22-36(34)46-42(43(40)50-45(41)49)31-16-6-2-7-17-31/h1-28H. The largest absolute Gasteiger partial charge is 0.437 e. The number of fused-ring (bicyclic) bond motifs is 7. The molecule has 0 bridgehead atoms. The fourth-order valence-corrected chi connectivity index (χ4v) is 7.09. The Morgan fingerprint density at radius 2 is 1.00 bits per heavy atom. The highest BCUT2D eigenvalue weighted by Crippen LogP contribution is 2.44. The van der Waals surface area contributed by atoms with Crippen LogP contribution in [0.2, 0.25) is 0 Å². The van der Waals surface area contributed by atoms with Gasteiger partial charge in [-0.05, 0) is 30.3 Å². The van der Waals surface area contributed by atoms with Crippen molar-refractivity contribution in [1.29, 1.82) is 0 Å². The van der Waals surface area contributed by atoms with Crippen molar-refractivity contribution in [3.05, 3.63) is 170 Å². The summed E-state index contributed by atoms with van der Waals surface area (Å²) < 4.78 is 9.17. The molecule has 0 N–H and O–H groups in total. The molecule has 50 heavy (non-hydrogen) atoms. The molecule has 0 aliphatic carbocycles. The quantitative estimate of drug-likeness (QED) is 0.188. The Morgan fingerprint density at radius 3 is 1.70 bits per heavy atom. The van der Waals surface area contributed by atoms with Crippen molar-refractivity contribution < 1.29 is 4.42 Å². The highest BCUT2D eigenvalue weighted by Gasteiger charge is 2.24. The lowest BCUT2D eigenvalue weighted by Gasteiger charge is -2.11. The summed E-state index contributed by atoms with van der Waals surface area (Å²) in [6.45, 7) is 0. The number of para-hydroxylation sites is 2. The van der Waals surface area contributed by atoms with Crippen LogP contribution in [0.4, 0.5) is 0 Å². The van der Waals surface area contributed by atoms with Gasteiger partial charge in [-0.1, -0.05) is 140 Å². The minimum Gasteiger partial charge on any atom is -0.437 e. The minimum atomic E-state index is 0.696. The summed E-state index contributed by atoms with van der Waals surface area (Å²) in [5.74, 6) is 0.696.